The first-order chi connectivity index (χ1) is 19.9. The molecule has 7 rings (SSSR count). The fraction of sp³-hybridized carbons (Fsp3) is 0.0811. The molecule has 1 aromatic heterocycles. The molecule has 0 spiro atoms. The number of benzene rings is 6. The highest BCUT2D eigenvalue weighted by Gasteiger charge is 2.31. The van der Waals surface area contributed by atoms with Crippen LogP contribution in [-0.2, 0) is 12.6 Å². The van der Waals surface area contributed by atoms with Crippen molar-refractivity contribution >= 4 is 32.7 Å². The predicted octanol–water partition coefficient (Wildman–Crippen LogP) is 11.3. The molecule has 0 unspecified atom stereocenters. The molecule has 0 aliphatic heterocycles. The van der Waals surface area contributed by atoms with Crippen LogP contribution in [0.25, 0.3) is 66.1 Å². The second kappa shape index (κ2) is 9.67. The molecule has 7 aromatic rings. The van der Waals surface area contributed by atoms with Gasteiger partial charge >= 0.3 is 6.18 Å². The van der Waals surface area contributed by atoms with E-state index in [4.69, 9.17) is 4.42 Å². The highest BCUT2D eigenvalue weighted by atomic mass is 19.4. The van der Waals surface area contributed by atoms with Crippen LogP contribution in [0.3, 0.4) is 0 Å². The van der Waals surface area contributed by atoms with E-state index < -0.39 is 11.7 Å². The van der Waals surface area contributed by atoms with E-state index in [1.807, 2.05) is 61.5 Å². The molecule has 0 aliphatic rings. The summed E-state index contributed by atoms with van der Waals surface area (Å²) >= 11 is 0. The van der Waals surface area contributed by atoms with Gasteiger partial charge in [0.05, 0.1) is 5.56 Å². The van der Waals surface area contributed by atoms with Crippen LogP contribution in [-0.4, -0.2) is 0 Å². The number of halogens is 3. The Morgan fingerprint density at radius 2 is 1.07 bits per heavy atom. The molecular formula is C37H25F3O. The maximum atomic E-state index is 13.5. The molecule has 0 aliphatic carbocycles. The van der Waals surface area contributed by atoms with Crippen molar-refractivity contribution in [1.82, 2.24) is 0 Å². The summed E-state index contributed by atoms with van der Waals surface area (Å²) in [5, 5.41) is 4.24. The molecule has 0 N–H and O–H groups in total. The first-order valence-corrected chi connectivity index (χ1v) is 13.6. The summed E-state index contributed by atoms with van der Waals surface area (Å²) in [6, 6.07) is 39.3. The Morgan fingerprint density at radius 3 is 1.73 bits per heavy atom. The van der Waals surface area contributed by atoms with Gasteiger partial charge < -0.3 is 4.42 Å². The first kappa shape index (κ1) is 25.2. The minimum absolute atomic E-state index is 0.543. The number of hydrogen-bond donors (Lipinski definition) is 0. The average Bonchev–Trinajstić information content (AvgIpc) is 3.38. The van der Waals surface area contributed by atoms with E-state index in [-0.39, 0.29) is 0 Å². The molecule has 1 heterocycles. The van der Waals surface area contributed by atoms with Crippen molar-refractivity contribution in [2.45, 2.75) is 19.5 Å². The molecule has 200 valence electrons. The van der Waals surface area contributed by atoms with Crippen LogP contribution >= 0.6 is 0 Å². The standard InChI is InChI=1S/C37H25F3O/c1-2-23-17-31(21-32(18-23)37(38,39)40)29-14-13-27-19-26(11-12-28(27)20-29)24-7-9-25(10-8-24)30-15-16-36-34(22-30)33-5-3-4-6-35(33)41-36/h3-22H,2H2,1H3. The zero-order valence-corrected chi connectivity index (χ0v) is 22.3. The first-order valence-electron chi connectivity index (χ1n) is 13.6. The van der Waals surface area contributed by atoms with Crippen LogP contribution in [0.5, 0.6) is 0 Å². The molecule has 6 aromatic carbocycles. The van der Waals surface area contributed by atoms with E-state index in [1.54, 1.807) is 0 Å². The van der Waals surface area contributed by atoms with Crippen LogP contribution in [0, 0.1) is 0 Å². The topological polar surface area (TPSA) is 13.1 Å². The summed E-state index contributed by atoms with van der Waals surface area (Å²) in [6.07, 6.45) is -3.83. The molecule has 0 bridgehead atoms. The third-order valence-electron chi connectivity index (χ3n) is 7.83. The number of aryl methyl sites for hydroxylation is 1. The Hall–Kier alpha value is -4.83. The van der Waals surface area contributed by atoms with Gasteiger partial charge in [0.25, 0.3) is 0 Å². The van der Waals surface area contributed by atoms with Crippen molar-refractivity contribution < 1.29 is 17.6 Å². The lowest BCUT2D eigenvalue weighted by molar-refractivity contribution is -0.137. The number of alkyl halides is 3. The fourth-order valence-corrected chi connectivity index (χ4v) is 5.59. The molecule has 0 saturated carbocycles. The van der Waals surface area contributed by atoms with Crippen LogP contribution in [0.4, 0.5) is 13.2 Å². The zero-order chi connectivity index (χ0) is 28.1. The second-order valence-electron chi connectivity index (χ2n) is 10.4. The Kier molecular flexibility index (Phi) is 5.93. The zero-order valence-electron chi connectivity index (χ0n) is 22.3. The van der Waals surface area contributed by atoms with E-state index in [1.165, 1.54) is 12.1 Å². The van der Waals surface area contributed by atoms with Gasteiger partial charge in [0.2, 0.25) is 0 Å². The van der Waals surface area contributed by atoms with Crippen molar-refractivity contribution in [3.63, 3.8) is 0 Å². The summed E-state index contributed by atoms with van der Waals surface area (Å²) in [5.41, 5.74) is 7.62. The van der Waals surface area contributed by atoms with Crippen LogP contribution in [0.2, 0.25) is 0 Å². The molecule has 4 heteroatoms. The molecule has 0 atom stereocenters. The van der Waals surface area contributed by atoms with Crippen molar-refractivity contribution in [3.05, 3.63) is 132 Å². The smallest absolute Gasteiger partial charge is 0.416 e. The number of rotatable bonds is 4. The normalized spacial score (nSPS) is 12.0. The van der Waals surface area contributed by atoms with E-state index in [0.29, 0.717) is 17.5 Å². The van der Waals surface area contributed by atoms with Crippen LogP contribution in [0.15, 0.2) is 126 Å². The Labute approximate surface area is 235 Å². The third kappa shape index (κ3) is 4.66. The highest BCUT2D eigenvalue weighted by molar-refractivity contribution is 6.06. The van der Waals surface area contributed by atoms with E-state index in [9.17, 15) is 13.2 Å². The quantitative estimate of drug-likeness (QED) is 0.216. The molecule has 0 radical (unpaired) electrons. The summed E-state index contributed by atoms with van der Waals surface area (Å²) < 4.78 is 46.4. The Bertz CT molecular complexity index is 2060. The third-order valence-corrected chi connectivity index (χ3v) is 7.83. The summed E-state index contributed by atoms with van der Waals surface area (Å²) in [7, 11) is 0. The van der Waals surface area contributed by atoms with Gasteiger partial charge in [-0.3, -0.25) is 0 Å². The van der Waals surface area contributed by atoms with Crippen molar-refractivity contribution in [2.75, 3.05) is 0 Å². The highest BCUT2D eigenvalue weighted by Crippen LogP contribution is 2.36. The lowest BCUT2D eigenvalue weighted by Gasteiger charge is -2.13. The van der Waals surface area contributed by atoms with Gasteiger partial charge in [0.15, 0.2) is 0 Å². The van der Waals surface area contributed by atoms with Gasteiger partial charge in [-0.2, -0.15) is 13.2 Å². The van der Waals surface area contributed by atoms with Crippen molar-refractivity contribution in [1.29, 1.82) is 0 Å². The Morgan fingerprint density at radius 1 is 0.512 bits per heavy atom. The molecule has 1 nitrogen and oxygen atoms in total. The number of para-hydroxylation sites is 1. The number of furan rings is 1. The number of hydrogen-bond acceptors (Lipinski definition) is 1. The van der Waals surface area contributed by atoms with Crippen molar-refractivity contribution in [2.24, 2.45) is 0 Å². The van der Waals surface area contributed by atoms with Crippen LogP contribution in [0.1, 0.15) is 18.1 Å². The van der Waals surface area contributed by atoms with Gasteiger partial charge in [0.1, 0.15) is 11.2 Å². The van der Waals surface area contributed by atoms with Gasteiger partial charge in [0, 0.05) is 10.8 Å². The van der Waals surface area contributed by atoms with E-state index in [2.05, 4.69) is 54.6 Å². The van der Waals surface area contributed by atoms with Crippen LogP contribution < -0.4 is 0 Å². The van der Waals surface area contributed by atoms with Gasteiger partial charge in [-0.25, -0.2) is 0 Å². The number of fused-ring (bicyclic) bond motifs is 4. The maximum Gasteiger partial charge on any atom is 0.416 e. The monoisotopic (exact) mass is 542 g/mol. The van der Waals surface area contributed by atoms with Crippen molar-refractivity contribution in [3.8, 4) is 33.4 Å². The summed E-state index contributed by atoms with van der Waals surface area (Å²) in [5.74, 6) is 0. The SMILES string of the molecule is CCc1cc(-c2ccc3cc(-c4ccc(-c5ccc6oc7ccccc7c6c5)cc4)ccc3c2)cc(C(F)(F)F)c1. The predicted molar refractivity (Wildman–Crippen MR) is 162 cm³/mol. The lowest BCUT2D eigenvalue weighted by atomic mass is 9.94. The fourth-order valence-electron chi connectivity index (χ4n) is 5.59. The average molecular weight is 543 g/mol. The van der Waals surface area contributed by atoms with E-state index >= 15 is 0 Å². The molecule has 0 saturated heterocycles. The molecular weight excluding hydrogens is 517 g/mol. The maximum absolute atomic E-state index is 13.5. The molecule has 0 amide bonds. The van der Waals surface area contributed by atoms with Gasteiger partial charge in [-0.1, -0.05) is 85.8 Å². The largest absolute Gasteiger partial charge is 0.456 e. The summed E-state index contributed by atoms with van der Waals surface area (Å²) in [4.78, 5) is 0. The molecule has 41 heavy (non-hydrogen) atoms. The second-order valence-corrected chi connectivity index (χ2v) is 10.4. The summed E-state index contributed by atoms with van der Waals surface area (Å²) in [6.45, 7) is 1.87. The van der Waals surface area contributed by atoms with Gasteiger partial charge in [-0.15, -0.1) is 0 Å². The minimum Gasteiger partial charge on any atom is -0.456 e. The van der Waals surface area contributed by atoms with Gasteiger partial charge in [-0.05, 0) is 98.6 Å². The Balaban J connectivity index is 1.19. The van der Waals surface area contributed by atoms with E-state index in [0.717, 1.165) is 60.5 Å². The minimum atomic E-state index is -4.37. The molecule has 0 fully saturated rings. The lowest BCUT2D eigenvalue weighted by Crippen LogP contribution is -2.06.